The third kappa shape index (κ3) is 4.35. The lowest BCUT2D eigenvalue weighted by molar-refractivity contribution is -0.129. The number of carbonyl (C=O) groups is 1. The van der Waals surface area contributed by atoms with Crippen LogP contribution in [0.2, 0.25) is 0 Å². The molecule has 1 aromatic rings. The lowest BCUT2D eigenvalue weighted by Gasteiger charge is -2.21. The normalized spacial score (nSPS) is 12.3. The van der Waals surface area contributed by atoms with Crippen molar-refractivity contribution in [3.63, 3.8) is 0 Å². The molecule has 0 aromatic heterocycles. The average Bonchev–Trinajstić information content (AvgIpc) is 2.35. The highest BCUT2D eigenvalue weighted by Gasteiger charge is 2.14. The van der Waals surface area contributed by atoms with Gasteiger partial charge in [0.1, 0.15) is 0 Å². The molecule has 1 rings (SSSR count). The molecule has 0 aliphatic rings. The van der Waals surface area contributed by atoms with Crippen molar-refractivity contribution in [2.45, 2.75) is 34.1 Å². The monoisotopic (exact) mass is 262 g/mol. The zero-order valence-electron chi connectivity index (χ0n) is 12.8. The number of likely N-dealkylation sites (N-methyl/N-ethyl adjacent to an activating group) is 1. The van der Waals surface area contributed by atoms with Crippen LogP contribution in [0.5, 0.6) is 0 Å². The van der Waals surface area contributed by atoms with Gasteiger partial charge in [0, 0.05) is 13.6 Å². The van der Waals surface area contributed by atoms with E-state index in [1.54, 1.807) is 4.90 Å². The van der Waals surface area contributed by atoms with Crippen LogP contribution in [0.15, 0.2) is 12.1 Å². The van der Waals surface area contributed by atoms with Gasteiger partial charge in [-0.25, -0.2) is 0 Å². The van der Waals surface area contributed by atoms with Gasteiger partial charge in [0.15, 0.2) is 0 Å². The minimum absolute atomic E-state index is 0.159. The first-order valence-corrected chi connectivity index (χ1v) is 6.86. The van der Waals surface area contributed by atoms with Crippen molar-refractivity contribution in [2.24, 2.45) is 11.7 Å². The summed E-state index contributed by atoms with van der Waals surface area (Å²) >= 11 is 0. The molecule has 0 aliphatic heterocycles. The molecule has 0 heterocycles. The van der Waals surface area contributed by atoms with Crippen molar-refractivity contribution < 1.29 is 4.79 Å². The van der Waals surface area contributed by atoms with E-state index in [4.69, 9.17) is 5.73 Å². The highest BCUT2D eigenvalue weighted by atomic mass is 16.2. The van der Waals surface area contributed by atoms with E-state index in [1.165, 1.54) is 16.7 Å². The van der Waals surface area contributed by atoms with Gasteiger partial charge in [-0.2, -0.15) is 0 Å². The Bertz CT molecular complexity index is 454. The predicted molar refractivity (Wildman–Crippen MR) is 80.2 cm³/mol. The maximum Gasteiger partial charge on any atom is 0.226 e. The molecule has 0 spiro atoms. The van der Waals surface area contributed by atoms with E-state index < -0.39 is 0 Å². The molecule has 19 heavy (non-hydrogen) atoms. The van der Waals surface area contributed by atoms with Crippen LogP contribution in [0.25, 0.3) is 0 Å². The Kier molecular flexibility index (Phi) is 5.55. The summed E-state index contributed by atoms with van der Waals surface area (Å²) in [5.74, 6) is 0.501. The number of aryl methyl sites for hydroxylation is 3. The van der Waals surface area contributed by atoms with Gasteiger partial charge in [0.2, 0.25) is 5.91 Å². The number of nitrogens with two attached hydrogens (primary N) is 1. The van der Waals surface area contributed by atoms with Gasteiger partial charge in [-0.05, 0) is 55.5 Å². The second-order valence-electron chi connectivity index (χ2n) is 5.65. The van der Waals surface area contributed by atoms with E-state index in [9.17, 15) is 4.79 Å². The van der Waals surface area contributed by atoms with E-state index in [0.29, 0.717) is 18.9 Å². The van der Waals surface area contributed by atoms with Gasteiger partial charge in [-0.15, -0.1) is 0 Å². The summed E-state index contributed by atoms with van der Waals surface area (Å²) in [6, 6.07) is 4.28. The summed E-state index contributed by atoms with van der Waals surface area (Å²) in [6.07, 6.45) is 0.473. The molecule has 1 unspecified atom stereocenters. The number of rotatable bonds is 5. The summed E-state index contributed by atoms with van der Waals surface area (Å²) in [5, 5.41) is 0. The molecular weight excluding hydrogens is 236 g/mol. The Hall–Kier alpha value is -1.35. The molecule has 2 N–H and O–H groups in total. The maximum absolute atomic E-state index is 12.2. The molecule has 1 atom stereocenters. The first kappa shape index (κ1) is 15.7. The number of hydrogen-bond donors (Lipinski definition) is 1. The first-order chi connectivity index (χ1) is 8.85. The van der Waals surface area contributed by atoms with Crippen molar-refractivity contribution in [1.82, 2.24) is 4.90 Å². The van der Waals surface area contributed by atoms with E-state index in [-0.39, 0.29) is 5.91 Å². The fraction of sp³-hybridized carbons (Fsp3) is 0.562. The molecule has 3 heteroatoms. The van der Waals surface area contributed by atoms with Crippen LogP contribution in [-0.4, -0.2) is 30.9 Å². The lowest BCUT2D eigenvalue weighted by Crippen LogP contribution is -2.34. The summed E-state index contributed by atoms with van der Waals surface area (Å²) in [6.45, 7) is 9.65. The number of benzene rings is 1. The fourth-order valence-electron chi connectivity index (χ4n) is 2.15. The van der Waals surface area contributed by atoms with Crippen LogP contribution in [0.3, 0.4) is 0 Å². The lowest BCUT2D eigenvalue weighted by atomic mass is 9.98. The molecule has 0 aliphatic carbocycles. The Balaban J connectivity index is 2.74. The molecule has 1 amide bonds. The van der Waals surface area contributed by atoms with Crippen molar-refractivity contribution >= 4 is 5.91 Å². The van der Waals surface area contributed by atoms with Crippen LogP contribution in [0, 0.1) is 26.7 Å². The third-order valence-corrected chi connectivity index (χ3v) is 3.71. The van der Waals surface area contributed by atoms with E-state index >= 15 is 0 Å². The van der Waals surface area contributed by atoms with Crippen LogP contribution >= 0.6 is 0 Å². The number of nitrogens with zero attached hydrogens (tertiary/aromatic N) is 1. The van der Waals surface area contributed by atoms with E-state index in [1.807, 2.05) is 7.05 Å². The van der Waals surface area contributed by atoms with Crippen molar-refractivity contribution in [3.8, 4) is 0 Å². The SMILES string of the molecule is Cc1cc(C)c(CC(=O)N(C)CC(C)CN)cc1C. The van der Waals surface area contributed by atoms with Gasteiger partial charge < -0.3 is 10.6 Å². The largest absolute Gasteiger partial charge is 0.345 e. The van der Waals surface area contributed by atoms with Crippen LogP contribution in [0.4, 0.5) is 0 Å². The van der Waals surface area contributed by atoms with Crippen LogP contribution in [-0.2, 0) is 11.2 Å². The van der Waals surface area contributed by atoms with E-state index in [2.05, 4.69) is 39.8 Å². The van der Waals surface area contributed by atoms with Crippen molar-refractivity contribution in [1.29, 1.82) is 0 Å². The summed E-state index contributed by atoms with van der Waals surface area (Å²) in [4.78, 5) is 14.0. The highest BCUT2D eigenvalue weighted by molar-refractivity contribution is 5.79. The van der Waals surface area contributed by atoms with Gasteiger partial charge >= 0.3 is 0 Å². The average molecular weight is 262 g/mol. The summed E-state index contributed by atoms with van der Waals surface area (Å²) in [5.41, 5.74) is 10.4. The van der Waals surface area contributed by atoms with Crippen molar-refractivity contribution in [2.75, 3.05) is 20.1 Å². The Morgan fingerprint density at radius 3 is 2.37 bits per heavy atom. The molecule has 3 nitrogen and oxygen atoms in total. The molecule has 0 bridgehead atoms. The van der Waals surface area contributed by atoms with E-state index in [0.717, 1.165) is 12.1 Å². The minimum Gasteiger partial charge on any atom is -0.345 e. The quantitative estimate of drug-likeness (QED) is 0.884. The third-order valence-electron chi connectivity index (χ3n) is 3.71. The Morgan fingerprint density at radius 1 is 1.21 bits per heavy atom. The summed E-state index contributed by atoms with van der Waals surface area (Å²) < 4.78 is 0. The summed E-state index contributed by atoms with van der Waals surface area (Å²) in [7, 11) is 1.85. The number of hydrogen-bond acceptors (Lipinski definition) is 2. The highest BCUT2D eigenvalue weighted by Crippen LogP contribution is 2.16. The molecule has 0 fully saturated rings. The molecule has 0 radical (unpaired) electrons. The molecule has 0 saturated heterocycles. The molecule has 1 aromatic carbocycles. The predicted octanol–water partition coefficient (Wildman–Crippen LogP) is 2.21. The topological polar surface area (TPSA) is 46.3 Å². The standard InChI is InChI=1S/C16H26N2O/c1-11(9-17)10-18(5)16(19)8-15-7-13(3)12(2)6-14(15)4/h6-7,11H,8-10,17H2,1-5H3. The molecule has 106 valence electrons. The first-order valence-electron chi connectivity index (χ1n) is 6.86. The van der Waals surface area contributed by atoms with Crippen molar-refractivity contribution in [3.05, 3.63) is 34.4 Å². The van der Waals surface area contributed by atoms with Gasteiger partial charge in [0.05, 0.1) is 6.42 Å². The molecular formula is C16H26N2O. The zero-order chi connectivity index (χ0) is 14.6. The molecule has 0 saturated carbocycles. The second kappa shape index (κ2) is 6.71. The number of carbonyl (C=O) groups excluding carboxylic acids is 1. The minimum atomic E-state index is 0.159. The fourth-order valence-corrected chi connectivity index (χ4v) is 2.15. The maximum atomic E-state index is 12.2. The Labute approximate surface area is 116 Å². The van der Waals surface area contributed by atoms with Gasteiger partial charge in [-0.3, -0.25) is 4.79 Å². The Morgan fingerprint density at radius 2 is 1.79 bits per heavy atom. The second-order valence-corrected chi connectivity index (χ2v) is 5.65. The smallest absolute Gasteiger partial charge is 0.226 e. The van der Waals surface area contributed by atoms with Crippen LogP contribution in [0.1, 0.15) is 29.2 Å². The van der Waals surface area contributed by atoms with Gasteiger partial charge in [-0.1, -0.05) is 19.1 Å². The number of amides is 1. The van der Waals surface area contributed by atoms with Crippen LogP contribution < -0.4 is 5.73 Å². The van der Waals surface area contributed by atoms with Gasteiger partial charge in [0.25, 0.3) is 0 Å². The zero-order valence-corrected chi connectivity index (χ0v) is 12.8.